The van der Waals surface area contributed by atoms with Gasteiger partial charge in [0.1, 0.15) is 11.5 Å². The zero-order valence-electron chi connectivity index (χ0n) is 10.3. The second kappa shape index (κ2) is 5.93. The lowest BCUT2D eigenvalue weighted by Gasteiger charge is -2.13. The van der Waals surface area contributed by atoms with Crippen molar-refractivity contribution < 1.29 is 9.47 Å². The fourth-order valence-electron chi connectivity index (χ4n) is 2.09. The van der Waals surface area contributed by atoms with E-state index < -0.39 is 0 Å². The fourth-order valence-corrected chi connectivity index (χ4v) is 2.97. The molecule has 0 amide bonds. The predicted octanol–water partition coefficient (Wildman–Crippen LogP) is 4.65. The topological polar surface area (TPSA) is 18.5 Å². The van der Waals surface area contributed by atoms with Crippen LogP contribution in [0.3, 0.4) is 0 Å². The maximum Gasteiger partial charge on any atom is 0.119 e. The van der Waals surface area contributed by atoms with Gasteiger partial charge in [0.15, 0.2) is 0 Å². The van der Waals surface area contributed by atoms with Gasteiger partial charge in [0.05, 0.1) is 14.2 Å². The Balaban J connectivity index is 2.80. The standard InChI is InChI=1S/C14H14Br2O2/c1-17-12-3-9-4-13(18-2)6-11(8-16)14(9)10(5-12)7-15/h3-6H,7-8H2,1-2H3. The summed E-state index contributed by atoms with van der Waals surface area (Å²) >= 11 is 7.08. The van der Waals surface area contributed by atoms with Gasteiger partial charge in [0.25, 0.3) is 0 Å². The lowest BCUT2D eigenvalue weighted by molar-refractivity contribution is 0.413. The molecule has 0 atom stereocenters. The van der Waals surface area contributed by atoms with Gasteiger partial charge in [0, 0.05) is 10.7 Å². The molecule has 0 aliphatic heterocycles. The smallest absolute Gasteiger partial charge is 0.119 e. The van der Waals surface area contributed by atoms with E-state index in [2.05, 4.69) is 44.0 Å². The van der Waals surface area contributed by atoms with Gasteiger partial charge in [-0.15, -0.1) is 0 Å². The van der Waals surface area contributed by atoms with Crippen LogP contribution in [0.2, 0.25) is 0 Å². The lowest BCUT2D eigenvalue weighted by atomic mass is 10.00. The molecule has 96 valence electrons. The van der Waals surface area contributed by atoms with Crippen LogP contribution in [0.15, 0.2) is 24.3 Å². The minimum atomic E-state index is 0.799. The van der Waals surface area contributed by atoms with Crippen LogP contribution in [0.5, 0.6) is 11.5 Å². The van der Waals surface area contributed by atoms with E-state index in [1.807, 2.05) is 12.1 Å². The average molecular weight is 374 g/mol. The molecule has 0 heterocycles. The number of rotatable bonds is 4. The average Bonchev–Trinajstić information content (AvgIpc) is 2.44. The van der Waals surface area contributed by atoms with Crippen LogP contribution in [0.25, 0.3) is 10.8 Å². The summed E-state index contributed by atoms with van der Waals surface area (Å²) in [5, 5.41) is 3.99. The number of ether oxygens (including phenoxy) is 2. The Hall–Kier alpha value is -0.740. The van der Waals surface area contributed by atoms with Gasteiger partial charge in [-0.3, -0.25) is 0 Å². The zero-order chi connectivity index (χ0) is 13.1. The van der Waals surface area contributed by atoms with Crippen molar-refractivity contribution in [3.05, 3.63) is 35.4 Å². The number of fused-ring (bicyclic) bond motifs is 1. The second-order valence-electron chi connectivity index (χ2n) is 3.94. The van der Waals surface area contributed by atoms with Gasteiger partial charge in [-0.1, -0.05) is 31.9 Å². The Morgan fingerprint density at radius 2 is 1.28 bits per heavy atom. The van der Waals surface area contributed by atoms with E-state index in [0.29, 0.717) is 0 Å². The number of benzene rings is 2. The third kappa shape index (κ3) is 2.50. The van der Waals surface area contributed by atoms with Gasteiger partial charge in [-0.2, -0.15) is 0 Å². The van der Waals surface area contributed by atoms with Gasteiger partial charge in [0.2, 0.25) is 0 Å². The van der Waals surface area contributed by atoms with Crippen molar-refractivity contribution >= 4 is 42.6 Å². The first-order valence-electron chi connectivity index (χ1n) is 5.53. The lowest BCUT2D eigenvalue weighted by Crippen LogP contribution is -1.93. The van der Waals surface area contributed by atoms with Gasteiger partial charge >= 0.3 is 0 Å². The van der Waals surface area contributed by atoms with Crippen molar-refractivity contribution in [3.63, 3.8) is 0 Å². The van der Waals surface area contributed by atoms with E-state index in [4.69, 9.17) is 9.47 Å². The van der Waals surface area contributed by atoms with Crippen LogP contribution in [0.1, 0.15) is 11.1 Å². The molecule has 0 aromatic heterocycles. The summed E-state index contributed by atoms with van der Waals surface area (Å²) in [4.78, 5) is 0. The highest BCUT2D eigenvalue weighted by Gasteiger charge is 2.10. The van der Waals surface area contributed by atoms with Gasteiger partial charge in [-0.25, -0.2) is 0 Å². The van der Waals surface area contributed by atoms with E-state index >= 15 is 0 Å². The van der Waals surface area contributed by atoms with E-state index in [1.54, 1.807) is 14.2 Å². The van der Waals surface area contributed by atoms with E-state index in [0.717, 1.165) is 27.5 Å². The van der Waals surface area contributed by atoms with Gasteiger partial charge in [-0.05, 0) is 46.2 Å². The maximum atomic E-state index is 5.34. The molecule has 2 aromatic carbocycles. The number of hydrogen-bond donors (Lipinski definition) is 0. The maximum absolute atomic E-state index is 5.34. The quantitative estimate of drug-likeness (QED) is 0.726. The predicted molar refractivity (Wildman–Crippen MR) is 82.3 cm³/mol. The van der Waals surface area contributed by atoms with E-state index in [9.17, 15) is 0 Å². The summed E-state index contributed by atoms with van der Waals surface area (Å²) in [6, 6.07) is 8.21. The van der Waals surface area contributed by atoms with Crippen LogP contribution in [0.4, 0.5) is 0 Å². The molecule has 2 aromatic rings. The van der Waals surface area contributed by atoms with E-state index in [1.165, 1.54) is 16.5 Å². The summed E-state index contributed by atoms with van der Waals surface area (Å²) in [5.41, 5.74) is 2.45. The minimum absolute atomic E-state index is 0.799. The van der Waals surface area contributed by atoms with Crippen LogP contribution in [0, 0.1) is 0 Å². The summed E-state index contributed by atoms with van der Waals surface area (Å²) in [5.74, 6) is 1.73. The van der Waals surface area contributed by atoms with Crippen molar-refractivity contribution in [2.24, 2.45) is 0 Å². The van der Waals surface area contributed by atoms with Crippen molar-refractivity contribution in [3.8, 4) is 11.5 Å². The first-order chi connectivity index (χ1) is 8.73. The highest BCUT2D eigenvalue weighted by molar-refractivity contribution is 9.08. The first-order valence-corrected chi connectivity index (χ1v) is 7.77. The molecule has 0 saturated carbocycles. The summed E-state index contributed by atoms with van der Waals surface area (Å²) < 4.78 is 10.7. The van der Waals surface area contributed by atoms with Gasteiger partial charge < -0.3 is 9.47 Å². The molecule has 0 radical (unpaired) electrons. The molecule has 0 unspecified atom stereocenters. The third-order valence-electron chi connectivity index (χ3n) is 2.92. The Morgan fingerprint density at radius 3 is 1.61 bits per heavy atom. The molecule has 4 heteroatoms. The molecule has 18 heavy (non-hydrogen) atoms. The van der Waals surface area contributed by atoms with Crippen LogP contribution in [-0.4, -0.2) is 14.2 Å². The highest BCUT2D eigenvalue weighted by Crippen LogP contribution is 2.34. The van der Waals surface area contributed by atoms with Crippen LogP contribution >= 0.6 is 31.9 Å². The second-order valence-corrected chi connectivity index (χ2v) is 5.06. The normalized spacial score (nSPS) is 10.7. The van der Waals surface area contributed by atoms with Crippen LogP contribution < -0.4 is 9.47 Å². The molecule has 0 N–H and O–H groups in total. The molecular weight excluding hydrogens is 360 g/mol. The number of methoxy groups -OCH3 is 2. The summed E-state index contributed by atoms with van der Waals surface area (Å²) in [6.07, 6.45) is 0. The molecule has 0 spiro atoms. The molecule has 2 nitrogen and oxygen atoms in total. The molecule has 0 bridgehead atoms. The number of alkyl halides is 2. The summed E-state index contributed by atoms with van der Waals surface area (Å²) in [6.45, 7) is 0. The Labute approximate surface area is 124 Å². The summed E-state index contributed by atoms with van der Waals surface area (Å²) in [7, 11) is 3.37. The first kappa shape index (κ1) is 13.7. The fraction of sp³-hybridized carbons (Fsp3) is 0.286. The number of halogens is 2. The molecule has 0 aliphatic rings. The Bertz CT molecular complexity index is 520. The monoisotopic (exact) mass is 372 g/mol. The molecule has 0 aliphatic carbocycles. The molecule has 2 rings (SSSR count). The van der Waals surface area contributed by atoms with E-state index in [-0.39, 0.29) is 0 Å². The Kier molecular flexibility index (Phi) is 4.51. The number of hydrogen-bond acceptors (Lipinski definition) is 2. The minimum Gasteiger partial charge on any atom is -0.497 e. The molecule has 0 saturated heterocycles. The van der Waals surface area contributed by atoms with Crippen LogP contribution in [-0.2, 0) is 10.7 Å². The largest absolute Gasteiger partial charge is 0.497 e. The SMILES string of the molecule is COc1cc(CBr)c2c(CBr)cc(OC)cc2c1. The highest BCUT2D eigenvalue weighted by atomic mass is 79.9. The molecular formula is C14H14Br2O2. The third-order valence-corrected chi connectivity index (χ3v) is 4.13. The Morgan fingerprint density at radius 1 is 0.833 bits per heavy atom. The van der Waals surface area contributed by atoms with Crippen molar-refractivity contribution in [1.29, 1.82) is 0 Å². The van der Waals surface area contributed by atoms with Crippen molar-refractivity contribution in [2.45, 2.75) is 10.7 Å². The molecule has 0 fully saturated rings. The zero-order valence-corrected chi connectivity index (χ0v) is 13.5. The van der Waals surface area contributed by atoms with Crippen molar-refractivity contribution in [2.75, 3.05) is 14.2 Å². The van der Waals surface area contributed by atoms with Crippen molar-refractivity contribution in [1.82, 2.24) is 0 Å².